The first-order valence-electron chi connectivity index (χ1n) is 11.1. The average Bonchev–Trinajstić information content (AvgIpc) is 3.15. The maximum atomic E-state index is 9.02. The summed E-state index contributed by atoms with van der Waals surface area (Å²) in [5.41, 5.74) is 9.65. The summed E-state index contributed by atoms with van der Waals surface area (Å²) in [6, 6.07) is 14.2. The summed E-state index contributed by atoms with van der Waals surface area (Å²) in [5, 5.41) is 11.0. The van der Waals surface area contributed by atoms with Gasteiger partial charge in [-0.05, 0) is 45.9 Å². The number of hydrogen-bond donors (Lipinski definition) is 1. The first-order valence-corrected chi connectivity index (χ1v) is 13.1. The van der Waals surface area contributed by atoms with Gasteiger partial charge < -0.3 is 22.3 Å². The van der Waals surface area contributed by atoms with Gasteiger partial charge in [0, 0.05) is 40.5 Å². The van der Waals surface area contributed by atoms with E-state index in [4.69, 9.17) is 27.5 Å². The van der Waals surface area contributed by atoms with Crippen molar-refractivity contribution in [3.8, 4) is 6.07 Å². The highest BCUT2D eigenvalue weighted by atomic mass is 127. The summed E-state index contributed by atoms with van der Waals surface area (Å²) >= 11 is 1.90. The molecule has 0 saturated heterocycles. The van der Waals surface area contributed by atoms with E-state index in [2.05, 4.69) is 38.4 Å². The molecule has 0 aliphatic rings. The van der Waals surface area contributed by atoms with Crippen molar-refractivity contribution in [1.29, 1.82) is 5.26 Å². The molecule has 9 heteroatoms. The Kier molecular flexibility index (Phi) is 9.74. The van der Waals surface area contributed by atoms with Crippen LogP contribution < -0.4 is 5.73 Å². The molecule has 0 amide bonds. The van der Waals surface area contributed by atoms with Gasteiger partial charge >= 0.3 is 0 Å². The lowest BCUT2D eigenvalue weighted by Crippen LogP contribution is -2.34. The monoisotopic (exact) mass is 583 g/mol. The third kappa shape index (κ3) is 6.16. The van der Waals surface area contributed by atoms with Crippen molar-refractivity contribution < 1.29 is 16.5 Å². The van der Waals surface area contributed by atoms with E-state index in [0.717, 1.165) is 27.5 Å². The number of para-hydroxylation sites is 1. The fraction of sp³-hybridized carbons (Fsp3) is 0.458. The number of halogens is 1. The molecule has 0 bridgehead atoms. The summed E-state index contributed by atoms with van der Waals surface area (Å²) in [5.74, 6) is 0. The zero-order chi connectivity index (χ0) is 24.0. The second-order valence-corrected chi connectivity index (χ2v) is 10.3. The summed E-state index contributed by atoms with van der Waals surface area (Å²) in [6.45, 7) is 9.27. The molecule has 2 aromatic carbocycles. The van der Waals surface area contributed by atoms with Crippen LogP contribution in [0.4, 0.5) is 5.69 Å². The number of nitrogens with two attached hydrogens (primary N) is 1. The Hall–Kier alpha value is -1.47. The minimum atomic E-state index is -1.45. The maximum absolute atomic E-state index is 9.02. The van der Waals surface area contributed by atoms with Crippen LogP contribution in [0, 0.1) is 11.3 Å². The molecule has 178 valence electrons. The predicted octanol–water partition coefficient (Wildman–Crippen LogP) is 7.26. The zero-order valence-electron chi connectivity index (χ0n) is 19.5. The van der Waals surface area contributed by atoms with Crippen LogP contribution in [0.3, 0.4) is 0 Å². The maximum Gasteiger partial charge on any atom is 0.259 e. The molecule has 2 atom stereocenters. The quantitative estimate of drug-likeness (QED) is 0.104. The van der Waals surface area contributed by atoms with Gasteiger partial charge in [0.15, 0.2) is 0 Å². The number of hydrogen-bond acceptors (Lipinski definition) is 7. The predicted molar refractivity (Wildman–Crippen MR) is 142 cm³/mol. The number of nitrogen functional groups attached to an aromatic ring is 1. The Morgan fingerprint density at radius 1 is 1.09 bits per heavy atom. The van der Waals surface area contributed by atoms with E-state index in [-0.39, 0.29) is 18.2 Å². The number of benzene rings is 2. The molecule has 0 aliphatic carbocycles. The van der Waals surface area contributed by atoms with E-state index < -0.39 is 8.53 Å². The first kappa shape index (κ1) is 26.1. The Labute approximate surface area is 210 Å². The first-order chi connectivity index (χ1) is 15.9. The molecule has 0 fully saturated rings. The normalized spacial score (nSPS) is 13.9. The topological polar surface area (TPSA) is 93.9 Å². The average molecular weight is 583 g/mol. The fourth-order valence-corrected chi connectivity index (χ4v) is 6.00. The molecule has 7 nitrogen and oxygen atoms in total. The number of fused-ring (bicyclic) bond motifs is 3. The molecule has 3 rings (SSSR count). The van der Waals surface area contributed by atoms with Crippen molar-refractivity contribution in [2.24, 2.45) is 0 Å². The van der Waals surface area contributed by atoms with Crippen LogP contribution in [0.2, 0.25) is 0 Å². The largest absolute Gasteiger partial charge is 0.456 e. The molecule has 2 unspecified atom stereocenters. The lowest BCUT2D eigenvalue weighted by Gasteiger charge is -2.37. The van der Waals surface area contributed by atoms with Gasteiger partial charge in [0.05, 0.1) is 31.8 Å². The second-order valence-electron chi connectivity index (χ2n) is 8.28. The lowest BCUT2D eigenvalue weighted by atomic mass is 9.98. The van der Waals surface area contributed by atoms with E-state index in [1.54, 1.807) is 0 Å². The third-order valence-electron chi connectivity index (χ3n) is 5.28. The zero-order valence-corrected chi connectivity index (χ0v) is 22.5. The lowest BCUT2D eigenvalue weighted by molar-refractivity contribution is 0.121. The van der Waals surface area contributed by atoms with Gasteiger partial charge in [-0.3, -0.25) is 0 Å². The van der Waals surface area contributed by atoms with Crippen molar-refractivity contribution in [3.05, 3.63) is 42.0 Å². The van der Waals surface area contributed by atoms with Gasteiger partial charge in [-0.1, -0.05) is 18.2 Å². The second kappa shape index (κ2) is 12.3. The van der Waals surface area contributed by atoms with Crippen LogP contribution >= 0.6 is 31.5 Å². The summed E-state index contributed by atoms with van der Waals surface area (Å²) < 4.78 is 26.6. The van der Waals surface area contributed by atoms with Crippen LogP contribution in [-0.4, -0.2) is 30.0 Å². The number of rotatable bonds is 12. The number of furan rings is 1. The van der Waals surface area contributed by atoms with Crippen molar-refractivity contribution in [1.82, 2.24) is 4.67 Å². The molecule has 0 saturated carbocycles. The molecule has 1 heterocycles. The molecule has 2 N–H and O–H groups in total. The standard InChI is InChI=1S/C24H31IN3O4P/c1-16(2)28(17(3)4)33(30-14-7-13-26)32-22(12-15-29-25)24-19(27)10-11-21-23(24)18-8-5-6-9-20(18)31-21/h5-6,8-11,16-17,22H,7,12,14-15,27H2,1-4H3. The van der Waals surface area contributed by atoms with Crippen LogP contribution in [0.5, 0.6) is 0 Å². The Morgan fingerprint density at radius 3 is 2.48 bits per heavy atom. The molecule has 0 radical (unpaired) electrons. The van der Waals surface area contributed by atoms with Crippen LogP contribution in [-0.2, 0) is 12.1 Å². The van der Waals surface area contributed by atoms with Crippen molar-refractivity contribution in [3.63, 3.8) is 0 Å². The smallest absolute Gasteiger partial charge is 0.259 e. The minimum Gasteiger partial charge on any atom is -0.456 e. The van der Waals surface area contributed by atoms with Gasteiger partial charge in [0.1, 0.15) is 34.2 Å². The summed E-state index contributed by atoms with van der Waals surface area (Å²) in [7, 11) is -1.45. The van der Waals surface area contributed by atoms with E-state index in [0.29, 0.717) is 31.7 Å². The third-order valence-corrected chi connectivity index (χ3v) is 7.86. The Morgan fingerprint density at radius 2 is 1.82 bits per heavy atom. The van der Waals surface area contributed by atoms with E-state index in [1.807, 2.05) is 59.4 Å². The van der Waals surface area contributed by atoms with Crippen molar-refractivity contribution in [2.75, 3.05) is 18.9 Å². The van der Waals surface area contributed by atoms with Crippen LogP contribution in [0.25, 0.3) is 21.9 Å². The van der Waals surface area contributed by atoms with Crippen LogP contribution in [0.15, 0.2) is 40.8 Å². The summed E-state index contributed by atoms with van der Waals surface area (Å²) in [6.07, 6.45) is 0.520. The van der Waals surface area contributed by atoms with Crippen molar-refractivity contribution in [2.45, 2.75) is 58.7 Å². The summed E-state index contributed by atoms with van der Waals surface area (Å²) in [4.78, 5) is 0. The van der Waals surface area contributed by atoms with Gasteiger partial charge in [-0.15, -0.1) is 0 Å². The number of nitrogens with zero attached hydrogens (tertiary/aromatic N) is 2. The molecule has 0 spiro atoms. The minimum absolute atomic E-state index is 0.197. The molecular weight excluding hydrogens is 552 g/mol. The van der Waals surface area contributed by atoms with Gasteiger partial charge in [-0.2, -0.15) is 5.26 Å². The van der Waals surface area contributed by atoms with E-state index in [9.17, 15) is 0 Å². The van der Waals surface area contributed by atoms with Gasteiger partial charge in [0.25, 0.3) is 8.53 Å². The Bertz CT molecular complexity index is 1090. The van der Waals surface area contributed by atoms with Crippen LogP contribution in [0.1, 0.15) is 52.2 Å². The highest BCUT2D eigenvalue weighted by Crippen LogP contribution is 2.52. The molecule has 1 aromatic heterocycles. The molecule has 0 aliphatic heterocycles. The molecular formula is C24H31IN3O4P. The highest BCUT2D eigenvalue weighted by molar-refractivity contribution is 14.1. The van der Waals surface area contributed by atoms with E-state index in [1.165, 1.54) is 0 Å². The fourth-order valence-electron chi connectivity index (χ4n) is 4.01. The SMILES string of the molecule is CC(C)N(C(C)C)P(OCCC#N)OC(CCOI)c1c(N)ccc2oc3ccccc3c12. The molecule has 3 aromatic rings. The van der Waals surface area contributed by atoms with Crippen molar-refractivity contribution >= 4 is 59.2 Å². The van der Waals surface area contributed by atoms with Gasteiger partial charge in [-0.25, -0.2) is 4.67 Å². The Balaban J connectivity index is 2.09. The highest BCUT2D eigenvalue weighted by Gasteiger charge is 2.32. The molecule has 33 heavy (non-hydrogen) atoms. The van der Waals surface area contributed by atoms with E-state index >= 15 is 0 Å². The number of anilines is 1. The number of nitriles is 1. The van der Waals surface area contributed by atoms with Gasteiger partial charge in [0.2, 0.25) is 0 Å².